The first-order chi connectivity index (χ1) is 9.66. The first kappa shape index (κ1) is 13.9. The highest BCUT2D eigenvalue weighted by Crippen LogP contribution is 2.14. The van der Waals surface area contributed by atoms with Crippen LogP contribution in [0.3, 0.4) is 0 Å². The number of anilines is 1. The Balaban J connectivity index is 1.93. The lowest BCUT2D eigenvalue weighted by Gasteiger charge is -2.13. The van der Waals surface area contributed by atoms with Gasteiger partial charge in [-0.1, -0.05) is 39.9 Å². The first-order valence-electron chi connectivity index (χ1n) is 5.64. The van der Waals surface area contributed by atoms with Gasteiger partial charge in [-0.2, -0.15) is 0 Å². The maximum Gasteiger partial charge on any atom is 0.321 e. The number of amides is 2. The Labute approximate surface area is 118 Å². The summed E-state index contributed by atoms with van der Waals surface area (Å²) >= 11 is 0.928. The highest BCUT2D eigenvalue weighted by Gasteiger charge is 2.20. The molecule has 0 aliphatic carbocycles. The van der Waals surface area contributed by atoms with E-state index in [1.54, 1.807) is 30.3 Å². The summed E-state index contributed by atoms with van der Waals surface area (Å²) in [5.74, 6) is -1.82. The minimum absolute atomic E-state index is 0.0303. The zero-order valence-electron chi connectivity index (χ0n) is 10.2. The van der Waals surface area contributed by atoms with Crippen LogP contribution in [-0.2, 0) is 4.79 Å². The fraction of sp³-hybridized carbons (Fsp3) is 0.182. The monoisotopic (exact) mass is 293 g/mol. The molecule has 104 valence electrons. The van der Waals surface area contributed by atoms with E-state index in [1.807, 2.05) is 0 Å². The summed E-state index contributed by atoms with van der Waals surface area (Å²) in [6, 6.07) is 8.15. The number of urea groups is 1. The number of rotatable bonds is 5. The van der Waals surface area contributed by atoms with Gasteiger partial charge in [0.1, 0.15) is 0 Å². The van der Waals surface area contributed by atoms with Crippen LogP contribution in [0.15, 0.2) is 30.3 Å². The maximum atomic E-state index is 11.6. The first-order valence-corrected chi connectivity index (χ1v) is 6.42. The molecular formula is C11H11N5O3S. The summed E-state index contributed by atoms with van der Waals surface area (Å²) in [5, 5.41) is 21.2. The van der Waals surface area contributed by atoms with Gasteiger partial charge in [-0.3, -0.25) is 10.1 Å². The Morgan fingerprint density at radius 2 is 2.05 bits per heavy atom. The van der Waals surface area contributed by atoms with Crippen LogP contribution in [0.5, 0.6) is 0 Å². The lowest BCUT2D eigenvalue weighted by molar-refractivity contribution is -0.138. The Morgan fingerprint density at radius 3 is 2.65 bits per heavy atom. The molecule has 0 fully saturated rings. The minimum atomic E-state index is -1.01. The number of benzene rings is 1. The zero-order chi connectivity index (χ0) is 14.4. The largest absolute Gasteiger partial charge is 0.481 e. The molecule has 9 heteroatoms. The van der Waals surface area contributed by atoms with Gasteiger partial charge in [-0.05, 0) is 10.8 Å². The van der Waals surface area contributed by atoms with Gasteiger partial charge < -0.3 is 10.4 Å². The third kappa shape index (κ3) is 3.72. The van der Waals surface area contributed by atoms with E-state index in [2.05, 4.69) is 25.4 Å². The molecule has 0 saturated carbocycles. The molecule has 8 nitrogen and oxygen atoms in total. The fourth-order valence-corrected chi connectivity index (χ4v) is 1.91. The summed E-state index contributed by atoms with van der Waals surface area (Å²) < 4.78 is 3.49. The average molecular weight is 293 g/mol. The summed E-state index contributed by atoms with van der Waals surface area (Å²) in [5.41, 5.74) is 0.623. The van der Waals surface area contributed by atoms with Crippen LogP contribution in [-0.4, -0.2) is 38.5 Å². The van der Waals surface area contributed by atoms with Crippen LogP contribution in [0.2, 0.25) is 0 Å². The van der Waals surface area contributed by atoms with E-state index in [0.29, 0.717) is 5.56 Å². The smallest absolute Gasteiger partial charge is 0.321 e. The molecular weight excluding hydrogens is 282 g/mol. The fourth-order valence-electron chi connectivity index (χ4n) is 1.55. The second kappa shape index (κ2) is 6.57. The van der Waals surface area contributed by atoms with Crippen molar-refractivity contribution in [3.8, 4) is 0 Å². The molecule has 0 aliphatic heterocycles. The van der Waals surface area contributed by atoms with Crippen LogP contribution < -0.4 is 10.6 Å². The number of aliphatic carboxylic acids is 1. The Kier molecular flexibility index (Phi) is 4.56. The van der Waals surface area contributed by atoms with Gasteiger partial charge in [0.25, 0.3) is 0 Å². The van der Waals surface area contributed by atoms with Crippen LogP contribution >= 0.6 is 11.5 Å². The van der Waals surface area contributed by atoms with Crippen molar-refractivity contribution in [2.75, 3.05) is 11.9 Å². The van der Waals surface area contributed by atoms with E-state index in [9.17, 15) is 14.7 Å². The van der Waals surface area contributed by atoms with E-state index < -0.39 is 17.9 Å². The lowest BCUT2D eigenvalue weighted by atomic mass is 9.99. The second-order valence-corrected chi connectivity index (χ2v) is 4.54. The third-order valence-electron chi connectivity index (χ3n) is 2.49. The Bertz CT molecular complexity index is 575. The van der Waals surface area contributed by atoms with E-state index >= 15 is 0 Å². The van der Waals surface area contributed by atoms with Gasteiger partial charge in [0.15, 0.2) is 0 Å². The molecule has 2 rings (SSSR count). The number of aromatic nitrogens is 3. The number of hydrogen-bond acceptors (Lipinski definition) is 6. The maximum absolute atomic E-state index is 11.6. The van der Waals surface area contributed by atoms with Crippen LogP contribution in [0.1, 0.15) is 11.5 Å². The molecule has 0 saturated heterocycles. The van der Waals surface area contributed by atoms with Gasteiger partial charge in [-0.25, -0.2) is 4.79 Å². The number of nitrogens with zero attached hydrogens (tertiary/aromatic N) is 3. The second-order valence-electron chi connectivity index (χ2n) is 3.80. The number of nitrogens with one attached hydrogen (secondary N) is 2. The highest BCUT2D eigenvalue weighted by molar-refractivity contribution is 7.09. The van der Waals surface area contributed by atoms with Crippen molar-refractivity contribution in [2.45, 2.75) is 5.92 Å². The van der Waals surface area contributed by atoms with Gasteiger partial charge in [0.05, 0.1) is 5.92 Å². The predicted octanol–water partition coefficient (Wildman–Crippen LogP) is 0.923. The molecule has 1 aromatic heterocycles. The summed E-state index contributed by atoms with van der Waals surface area (Å²) in [6.45, 7) is -0.0303. The zero-order valence-corrected chi connectivity index (χ0v) is 11.0. The van der Waals surface area contributed by atoms with Crippen molar-refractivity contribution >= 4 is 28.7 Å². The SMILES string of the molecule is O=C(NCC(C(=O)O)c1ccccc1)Nc1nnns1. The van der Waals surface area contributed by atoms with Crippen molar-refractivity contribution in [3.63, 3.8) is 0 Å². The average Bonchev–Trinajstić information content (AvgIpc) is 2.92. The molecule has 2 aromatic rings. The van der Waals surface area contributed by atoms with Gasteiger partial charge in [-0.15, -0.1) is 0 Å². The predicted molar refractivity (Wildman–Crippen MR) is 71.5 cm³/mol. The van der Waals surface area contributed by atoms with Crippen LogP contribution in [0, 0.1) is 0 Å². The molecule has 1 unspecified atom stereocenters. The van der Waals surface area contributed by atoms with Gasteiger partial charge in [0, 0.05) is 18.1 Å². The van der Waals surface area contributed by atoms with E-state index in [-0.39, 0.29) is 11.7 Å². The van der Waals surface area contributed by atoms with Crippen molar-refractivity contribution in [1.29, 1.82) is 0 Å². The van der Waals surface area contributed by atoms with E-state index in [0.717, 1.165) is 11.5 Å². The van der Waals surface area contributed by atoms with Gasteiger partial charge in [0.2, 0.25) is 5.13 Å². The molecule has 1 aromatic carbocycles. The third-order valence-corrected chi connectivity index (χ3v) is 3.00. The summed E-state index contributed by atoms with van der Waals surface area (Å²) in [4.78, 5) is 22.8. The topological polar surface area (TPSA) is 117 Å². The quantitative estimate of drug-likeness (QED) is 0.754. The number of carbonyl (C=O) groups excluding carboxylic acids is 1. The summed E-state index contributed by atoms with van der Waals surface area (Å²) in [7, 11) is 0. The van der Waals surface area contributed by atoms with Crippen molar-refractivity contribution in [3.05, 3.63) is 35.9 Å². The highest BCUT2D eigenvalue weighted by atomic mass is 32.1. The number of hydrogen-bond donors (Lipinski definition) is 3. The molecule has 0 radical (unpaired) electrons. The molecule has 1 atom stereocenters. The van der Waals surface area contributed by atoms with E-state index in [4.69, 9.17) is 0 Å². The normalized spacial score (nSPS) is 11.6. The van der Waals surface area contributed by atoms with Crippen LogP contribution in [0.4, 0.5) is 9.93 Å². The summed E-state index contributed by atoms with van der Waals surface area (Å²) in [6.07, 6.45) is 0. The molecule has 0 spiro atoms. The molecule has 1 heterocycles. The standard InChI is InChI=1S/C11H11N5O3S/c17-9(18)8(7-4-2-1-3-5-7)6-12-10(19)13-11-14-15-16-20-11/h1-5,8H,6H2,(H,17,18)(H2,12,13,14,16,19). The van der Waals surface area contributed by atoms with Crippen molar-refractivity contribution in [1.82, 2.24) is 20.1 Å². The lowest BCUT2D eigenvalue weighted by Crippen LogP contribution is -2.34. The number of carboxylic acids is 1. The minimum Gasteiger partial charge on any atom is -0.481 e. The van der Waals surface area contributed by atoms with Crippen molar-refractivity contribution < 1.29 is 14.7 Å². The molecule has 0 aliphatic rings. The molecule has 20 heavy (non-hydrogen) atoms. The van der Waals surface area contributed by atoms with Crippen LogP contribution in [0.25, 0.3) is 0 Å². The molecule has 2 amide bonds. The van der Waals surface area contributed by atoms with E-state index in [1.165, 1.54) is 0 Å². The number of carbonyl (C=O) groups is 2. The number of carboxylic acid groups (broad SMARTS) is 1. The Hall–Kier alpha value is -2.55. The molecule has 0 bridgehead atoms. The molecule has 3 N–H and O–H groups in total. The Morgan fingerprint density at radius 1 is 1.30 bits per heavy atom. The van der Waals surface area contributed by atoms with Crippen molar-refractivity contribution in [2.24, 2.45) is 0 Å². The van der Waals surface area contributed by atoms with Gasteiger partial charge >= 0.3 is 12.0 Å².